The van der Waals surface area contributed by atoms with Crippen LogP contribution in [-0.4, -0.2) is 49.1 Å². The van der Waals surface area contributed by atoms with Gasteiger partial charge in [0.15, 0.2) is 0 Å². The number of carbonyl (C=O) groups is 1. The topological polar surface area (TPSA) is 35.6 Å². The van der Waals surface area contributed by atoms with Gasteiger partial charge in [-0.15, -0.1) is 24.8 Å². The predicted octanol–water partition coefficient (Wildman–Crippen LogP) is 4.06. The fourth-order valence-electron chi connectivity index (χ4n) is 4.84. The molecule has 0 aromatic heterocycles. The lowest BCUT2D eigenvalue weighted by Crippen LogP contribution is -2.49. The summed E-state index contributed by atoms with van der Waals surface area (Å²) in [6, 6.07) is 7.38. The molecule has 2 unspecified atom stereocenters. The van der Waals surface area contributed by atoms with Gasteiger partial charge in [-0.3, -0.25) is 4.79 Å². The van der Waals surface area contributed by atoms with E-state index in [1.807, 2.05) is 12.1 Å². The van der Waals surface area contributed by atoms with Crippen LogP contribution in [0, 0.1) is 12.8 Å². The number of rotatable bonds is 3. The highest BCUT2D eigenvalue weighted by Gasteiger charge is 2.35. The van der Waals surface area contributed by atoms with Crippen molar-refractivity contribution in [2.75, 3.05) is 31.1 Å². The number of amides is 1. The summed E-state index contributed by atoms with van der Waals surface area (Å²) in [5, 5.41) is 4.44. The number of piperidine rings is 1. The Bertz CT molecular complexity index is 637. The van der Waals surface area contributed by atoms with Crippen molar-refractivity contribution in [3.05, 3.63) is 28.8 Å². The van der Waals surface area contributed by atoms with E-state index < -0.39 is 0 Å². The molecule has 1 aromatic rings. The lowest BCUT2D eigenvalue weighted by molar-refractivity contribution is -0.132. The summed E-state index contributed by atoms with van der Waals surface area (Å²) in [5.41, 5.74) is 2.45. The smallest absolute Gasteiger partial charge is 0.222 e. The SMILES string of the molecule is Cc1ccc(Cl)cc1N1CCN(C(=O)CC2CC3CCC(C2)N3)CC1.Cl.Cl. The van der Waals surface area contributed by atoms with E-state index in [4.69, 9.17) is 11.6 Å². The third-order valence-corrected chi connectivity index (χ3v) is 6.41. The van der Waals surface area contributed by atoms with Crippen molar-refractivity contribution < 1.29 is 4.79 Å². The molecule has 0 aliphatic carbocycles. The molecule has 0 radical (unpaired) electrons. The maximum atomic E-state index is 12.7. The number of nitrogens with one attached hydrogen (secondary N) is 1. The summed E-state index contributed by atoms with van der Waals surface area (Å²) in [7, 11) is 0. The zero-order valence-electron chi connectivity index (χ0n) is 15.8. The molecule has 3 fully saturated rings. The maximum Gasteiger partial charge on any atom is 0.222 e. The largest absolute Gasteiger partial charge is 0.368 e. The molecular formula is C20H30Cl3N3O. The van der Waals surface area contributed by atoms with Gasteiger partial charge in [-0.2, -0.15) is 0 Å². The van der Waals surface area contributed by atoms with Gasteiger partial charge in [0, 0.05) is 55.4 Å². The molecule has 1 aromatic carbocycles. The number of piperazine rings is 1. The molecule has 1 N–H and O–H groups in total. The Kier molecular flexibility index (Phi) is 8.11. The van der Waals surface area contributed by atoms with Crippen molar-refractivity contribution in [2.45, 2.75) is 51.1 Å². The van der Waals surface area contributed by atoms with Gasteiger partial charge in [-0.25, -0.2) is 0 Å². The molecule has 0 spiro atoms. The van der Waals surface area contributed by atoms with Crippen LogP contribution in [0.1, 0.15) is 37.7 Å². The third-order valence-electron chi connectivity index (χ3n) is 6.18. The number of aryl methyl sites for hydroxylation is 1. The van der Waals surface area contributed by atoms with Crippen LogP contribution in [0.3, 0.4) is 0 Å². The van der Waals surface area contributed by atoms with Gasteiger partial charge >= 0.3 is 0 Å². The van der Waals surface area contributed by atoms with Crippen molar-refractivity contribution in [2.24, 2.45) is 5.92 Å². The normalized spacial score (nSPS) is 27.0. The number of carbonyl (C=O) groups excluding carboxylic acids is 1. The molecular weight excluding hydrogens is 405 g/mol. The van der Waals surface area contributed by atoms with Gasteiger partial charge in [0.05, 0.1) is 0 Å². The molecule has 3 saturated heterocycles. The molecule has 3 aliphatic rings. The van der Waals surface area contributed by atoms with E-state index in [2.05, 4.69) is 28.1 Å². The second-order valence-electron chi connectivity index (χ2n) is 7.98. The fourth-order valence-corrected chi connectivity index (χ4v) is 5.00. The van der Waals surface area contributed by atoms with Crippen molar-refractivity contribution in [1.82, 2.24) is 10.2 Å². The molecule has 152 valence electrons. The standard InChI is InChI=1S/C20H28ClN3O.2ClH/c1-14-2-3-16(21)13-19(14)23-6-8-24(9-7-23)20(25)12-15-10-17-4-5-18(11-15)22-17;;/h2-3,13,15,17-18,22H,4-12H2,1H3;2*1H. The Morgan fingerprint density at radius 1 is 1.11 bits per heavy atom. The Hall–Kier alpha value is -0.680. The van der Waals surface area contributed by atoms with Crippen LogP contribution in [0.4, 0.5) is 5.69 Å². The third kappa shape index (κ3) is 5.23. The average molecular weight is 435 g/mol. The number of fused-ring (bicyclic) bond motifs is 2. The van der Waals surface area contributed by atoms with Gasteiger partial charge < -0.3 is 15.1 Å². The van der Waals surface area contributed by atoms with Crippen molar-refractivity contribution in [3.63, 3.8) is 0 Å². The zero-order chi connectivity index (χ0) is 17.4. The Labute approximate surface area is 179 Å². The number of anilines is 1. The van der Waals surface area contributed by atoms with Crippen LogP contribution in [0.5, 0.6) is 0 Å². The van der Waals surface area contributed by atoms with Gasteiger partial charge in [0.2, 0.25) is 5.91 Å². The quantitative estimate of drug-likeness (QED) is 0.779. The molecule has 4 rings (SSSR count). The molecule has 2 bridgehead atoms. The van der Waals surface area contributed by atoms with Crippen molar-refractivity contribution in [3.8, 4) is 0 Å². The van der Waals surface area contributed by atoms with Gasteiger partial charge in [0.1, 0.15) is 0 Å². The van der Waals surface area contributed by atoms with Crippen molar-refractivity contribution in [1.29, 1.82) is 0 Å². The maximum absolute atomic E-state index is 12.7. The summed E-state index contributed by atoms with van der Waals surface area (Å²) < 4.78 is 0. The average Bonchev–Trinajstić information content (AvgIpc) is 2.95. The van der Waals surface area contributed by atoms with Crippen LogP contribution in [0.25, 0.3) is 0 Å². The van der Waals surface area contributed by atoms with Crippen LogP contribution < -0.4 is 10.2 Å². The fraction of sp³-hybridized carbons (Fsp3) is 0.650. The molecule has 3 aliphatic heterocycles. The second-order valence-corrected chi connectivity index (χ2v) is 8.41. The number of hydrogen-bond donors (Lipinski definition) is 1. The molecule has 2 atom stereocenters. The Balaban J connectivity index is 0.00000131. The Morgan fingerprint density at radius 3 is 2.37 bits per heavy atom. The van der Waals surface area contributed by atoms with E-state index in [0.29, 0.717) is 23.9 Å². The number of nitrogens with zero attached hydrogens (tertiary/aromatic N) is 2. The molecule has 7 heteroatoms. The predicted molar refractivity (Wildman–Crippen MR) is 117 cm³/mol. The first-order valence-electron chi connectivity index (χ1n) is 9.63. The Morgan fingerprint density at radius 2 is 1.74 bits per heavy atom. The van der Waals surface area contributed by atoms with E-state index in [-0.39, 0.29) is 24.8 Å². The highest BCUT2D eigenvalue weighted by atomic mass is 35.5. The highest BCUT2D eigenvalue weighted by Crippen LogP contribution is 2.33. The van der Waals surface area contributed by atoms with E-state index in [9.17, 15) is 4.79 Å². The molecule has 27 heavy (non-hydrogen) atoms. The van der Waals surface area contributed by atoms with Crippen LogP contribution in [-0.2, 0) is 4.79 Å². The van der Waals surface area contributed by atoms with Gasteiger partial charge in [0.25, 0.3) is 0 Å². The minimum Gasteiger partial charge on any atom is -0.368 e. The highest BCUT2D eigenvalue weighted by molar-refractivity contribution is 6.30. The zero-order valence-corrected chi connectivity index (χ0v) is 18.2. The van der Waals surface area contributed by atoms with Crippen LogP contribution >= 0.6 is 36.4 Å². The van der Waals surface area contributed by atoms with Gasteiger partial charge in [-0.05, 0) is 56.2 Å². The van der Waals surface area contributed by atoms with Crippen LogP contribution in [0.15, 0.2) is 18.2 Å². The monoisotopic (exact) mass is 433 g/mol. The van der Waals surface area contributed by atoms with E-state index >= 15 is 0 Å². The number of hydrogen-bond acceptors (Lipinski definition) is 3. The summed E-state index contributed by atoms with van der Waals surface area (Å²) in [6.45, 7) is 5.55. The summed E-state index contributed by atoms with van der Waals surface area (Å²) >= 11 is 6.16. The second kappa shape index (κ2) is 9.69. The van der Waals surface area contributed by atoms with Crippen molar-refractivity contribution >= 4 is 48.0 Å². The minimum atomic E-state index is 0. The first-order valence-corrected chi connectivity index (χ1v) is 10.0. The first kappa shape index (κ1) is 22.6. The van der Waals surface area contributed by atoms with E-state index in [1.54, 1.807) is 0 Å². The van der Waals surface area contributed by atoms with Crippen LogP contribution in [0.2, 0.25) is 5.02 Å². The molecule has 1 amide bonds. The summed E-state index contributed by atoms with van der Waals surface area (Å²) in [6.07, 6.45) is 5.71. The lowest BCUT2D eigenvalue weighted by Gasteiger charge is -2.38. The van der Waals surface area contributed by atoms with E-state index in [1.165, 1.54) is 36.9 Å². The summed E-state index contributed by atoms with van der Waals surface area (Å²) in [5.74, 6) is 0.938. The number of halogens is 3. The molecule has 4 nitrogen and oxygen atoms in total. The minimum absolute atomic E-state index is 0. The molecule has 0 saturated carbocycles. The number of benzene rings is 1. The summed E-state index contributed by atoms with van der Waals surface area (Å²) in [4.78, 5) is 17.2. The lowest BCUT2D eigenvalue weighted by atomic mass is 9.89. The van der Waals surface area contributed by atoms with E-state index in [0.717, 1.165) is 37.6 Å². The van der Waals surface area contributed by atoms with Gasteiger partial charge in [-0.1, -0.05) is 17.7 Å². The molecule has 3 heterocycles. The first-order chi connectivity index (χ1) is 12.1.